The van der Waals surface area contributed by atoms with E-state index < -0.39 is 0 Å². The Morgan fingerprint density at radius 3 is 2.53 bits per heavy atom. The number of hydrogen-bond donors (Lipinski definition) is 1. The van der Waals surface area contributed by atoms with Crippen LogP contribution in [0.2, 0.25) is 0 Å². The van der Waals surface area contributed by atoms with Crippen LogP contribution in [0.25, 0.3) is 11.0 Å². The molecule has 1 heterocycles. The second kappa shape index (κ2) is 4.54. The molecule has 2 nitrogen and oxygen atoms in total. The average molecular weight is 250 g/mol. The van der Waals surface area contributed by atoms with E-state index in [0.29, 0.717) is 0 Å². The van der Waals surface area contributed by atoms with Crippen molar-refractivity contribution >= 4 is 11.0 Å². The molecule has 0 unspecified atom stereocenters. The molecular weight excluding hydrogens is 232 g/mol. The monoisotopic (exact) mass is 250 g/mol. The number of H-pyrrole nitrogens is 1. The highest BCUT2D eigenvalue weighted by molar-refractivity contribution is 5.78. The van der Waals surface area contributed by atoms with Gasteiger partial charge in [-0.25, -0.2) is 4.98 Å². The standard InChI is InChI=1S/C17H18N2/c1-11-7-8-14(9-13(11)3)10-16-18-15-6-4-5-12(2)17(15)19-16/h4-9H,10H2,1-3H3,(H,18,19). The van der Waals surface area contributed by atoms with Crippen LogP contribution in [0.3, 0.4) is 0 Å². The molecule has 0 aliphatic heterocycles. The van der Waals surface area contributed by atoms with E-state index in [1.165, 1.54) is 22.3 Å². The largest absolute Gasteiger partial charge is 0.342 e. The molecule has 1 aromatic heterocycles. The minimum absolute atomic E-state index is 0.856. The van der Waals surface area contributed by atoms with Crippen molar-refractivity contribution in [2.75, 3.05) is 0 Å². The molecule has 3 rings (SSSR count). The van der Waals surface area contributed by atoms with Gasteiger partial charge in [-0.1, -0.05) is 30.3 Å². The Morgan fingerprint density at radius 2 is 1.79 bits per heavy atom. The molecular formula is C17H18N2. The molecule has 2 heteroatoms. The molecule has 0 atom stereocenters. The van der Waals surface area contributed by atoms with Crippen LogP contribution in [0.15, 0.2) is 36.4 Å². The van der Waals surface area contributed by atoms with Crippen molar-refractivity contribution in [2.45, 2.75) is 27.2 Å². The summed E-state index contributed by atoms with van der Waals surface area (Å²) in [5, 5.41) is 0. The van der Waals surface area contributed by atoms with Crippen molar-refractivity contribution in [1.29, 1.82) is 0 Å². The molecule has 0 spiro atoms. The summed E-state index contributed by atoms with van der Waals surface area (Å²) in [7, 11) is 0. The first-order chi connectivity index (χ1) is 9.13. The van der Waals surface area contributed by atoms with E-state index >= 15 is 0 Å². The second-order valence-corrected chi connectivity index (χ2v) is 5.25. The van der Waals surface area contributed by atoms with Crippen LogP contribution in [0.4, 0.5) is 0 Å². The lowest BCUT2D eigenvalue weighted by Crippen LogP contribution is -1.92. The zero-order valence-corrected chi connectivity index (χ0v) is 11.6. The number of para-hydroxylation sites is 1. The minimum Gasteiger partial charge on any atom is -0.342 e. The molecule has 0 fully saturated rings. The summed E-state index contributed by atoms with van der Waals surface area (Å²) in [5.74, 6) is 1.03. The molecule has 0 radical (unpaired) electrons. The van der Waals surface area contributed by atoms with E-state index in [2.05, 4.69) is 62.2 Å². The van der Waals surface area contributed by atoms with Gasteiger partial charge in [0.1, 0.15) is 5.82 Å². The fourth-order valence-electron chi connectivity index (χ4n) is 2.42. The number of imidazole rings is 1. The Bertz CT molecular complexity index is 738. The van der Waals surface area contributed by atoms with Crippen LogP contribution in [-0.2, 0) is 6.42 Å². The first-order valence-electron chi connectivity index (χ1n) is 6.64. The van der Waals surface area contributed by atoms with Crippen molar-refractivity contribution in [3.8, 4) is 0 Å². The highest BCUT2D eigenvalue weighted by Crippen LogP contribution is 2.18. The van der Waals surface area contributed by atoms with E-state index in [1.807, 2.05) is 0 Å². The summed E-state index contributed by atoms with van der Waals surface area (Å²) in [6.07, 6.45) is 0.856. The fraction of sp³-hybridized carbons (Fsp3) is 0.235. The summed E-state index contributed by atoms with van der Waals surface area (Å²) in [4.78, 5) is 8.11. The summed E-state index contributed by atoms with van der Waals surface area (Å²) in [6.45, 7) is 6.40. The predicted octanol–water partition coefficient (Wildman–Crippen LogP) is 4.08. The number of fused-ring (bicyclic) bond motifs is 1. The number of hydrogen-bond acceptors (Lipinski definition) is 1. The SMILES string of the molecule is Cc1ccc(Cc2nc3c(C)cccc3[nH]2)cc1C. The molecule has 96 valence electrons. The molecule has 0 amide bonds. The van der Waals surface area contributed by atoms with Gasteiger partial charge in [-0.15, -0.1) is 0 Å². The molecule has 0 bridgehead atoms. The third-order valence-corrected chi connectivity index (χ3v) is 3.71. The lowest BCUT2D eigenvalue weighted by atomic mass is 10.0. The van der Waals surface area contributed by atoms with Gasteiger partial charge in [-0.3, -0.25) is 0 Å². The lowest BCUT2D eigenvalue weighted by Gasteiger charge is -2.03. The van der Waals surface area contributed by atoms with Crippen LogP contribution in [0.1, 0.15) is 28.1 Å². The van der Waals surface area contributed by atoms with E-state index in [1.54, 1.807) is 0 Å². The summed E-state index contributed by atoms with van der Waals surface area (Å²) in [6, 6.07) is 12.9. The maximum atomic E-state index is 4.70. The number of benzene rings is 2. The summed E-state index contributed by atoms with van der Waals surface area (Å²) >= 11 is 0. The highest BCUT2D eigenvalue weighted by atomic mass is 14.9. The van der Waals surface area contributed by atoms with Crippen LogP contribution in [0, 0.1) is 20.8 Å². The van der Waals surface area contributed by atoms with Crippen molar-refractivity contribution in [1.82, 2.24) is 9.97 Å². The number of aromatic amines is 1. The Morgan fingerprint density at radius 1 is 0.947 bits per heavy atom. The molecule has 1 N–H and O–H groups in total. The normalized spacial score (nSPS) is 11.1. The van der Waals surface area contributed by atoms with Crippen molar-refractivity contribution in [3.05, 3.63) is 64.5 Å². The smallest absolute Gasteiger partial charge is 0.111 e. The van der Waals surface area contributed by atoms with Gasteiger partial charge in [0.15, 0.2) is 0 Å². The topological polar surface area (TPSA) is 28.7 Å². The van der Waals surface area contributed by atoms with Gasteiger partial charge in [0.05, 0.1) is 11.0 Å². The molecule has 0 saturated heterocycles. The van der Waals surface area contributed by atoms with Gasteiger partial charge in [-0.05, 0) is 49.1 Å². The maximum Gasteiger partial charge on any atom is 0.111 e. The third-order valence-electron chi connectivity index (χ3n) is 3.71. The van der Waals surface area contributed by atoms with Gasteiger partial charge in [0.25, 0.3) is 0 Å². The zero-order valence-electron chi connectivity index (χ0n) is 11.6. The van der Waals surface area contributed by atoms with Gasteiger partial charge in [-0.2, -0.15) is 0 Å². The lowest BCUT2D eigenvalue weighted by molar-refractivity contribution is 1.03. The van der Waals surface area contributed by atoms with Crippen LogP contribution in [0.5, 0.6) is 0 Å². The first-order valence-corrected chi connectivity index (χ1v) is 6.64. The molecule has 19 heavy (non-hydrogen) atoms. The van der Waals surface area contributed by atoms with E-state index in [-0.39, 0.29) is 0 Å². The van der Waals surface area contributed by atoms with Gasteiger partial charge >= 0.3 is 0 Å². The zero-order chi connectivity index (χ0) is 13.4. The molecule has 2 aromatic carbocycles. The number of nitrogens with one attached hydrogen (secondary N) is 1. The van der Waals surface area contributed by atoms with Crippen LogP contribution < -0.4 is 0 Å². The second-order valence-electron chi connectivity index (χ2n) is 5.25. The van der Waals surface area contributed by atoms with Crippen molar-refractivity contribution in [3.63, 3.8) is 0 Å². The predicted molar refractivity (Wildman–Crippen MR) is 79.6 cm³/mol. The molecule has 3 aromatic rings. The van der Waals surface area contributed by atoms with E-state index in [0.717, 1.165) is 23.3 Å². The van der Waals surface area contributed by atoms with Crippen molar-refractivity contribution in [2.24, 2.45) is 0 Å². The minimum atomic E-state index is 0.856. The molecule has 0 saturated carbocycles. The Kier molecular flexibility index (Phi) is 2.86. The molecule has 0 aliphatic carbocycles. The number of aryl methyl sites for hydroxylation is 3. The average Bonchev–Trinajstić information content (AvgIpc) is 2.78. The Labute approximate surface area is 113 Å². The fourth-order valence-corrected chi connectivity index (χ4v) is 2.42. The third kappa shape index (κ3) is 2.26. The Hall–Kier alpha value is -2.09. The molecule has 0 aliphatic rings. The van der Waals surface area contributed by atoms with Gasteiger partial charge in [0, 0.05) is 6.42 Å². The van der Waals surface area contributed by atoms with Crippen LogP contribution >= 0.6 is 0 Å². The highest BCUT2D eigenvalue weighted by Gasteiger charge is 2.06. The number of nitrogens with zero attached hydrogens (tertiary/aromatic N) is 1. The maximum absolute atomic E-state index is 4.70. The van der Waals surface area contributed by atoms with Gasteiger partial charge in [0.2, 0.25) is 0 Å². The van der Waals surface area contributed by atoms with Crippen LogP contribution in [-0.4, -0.2) is 9.97 Å². The van der Waals surface area contributed by atoms with E-state index in [9.17, 15) is 0 Å². The number of aromatic nitrogens is 2. The van der Waals surface area contributed by atoms with E-state index in [4.69, 9.17) is 4.98 Å². The van der Waals surface area contributed by atoms with Crippen molar-refractivity contribution < 1.29 is 0 Å². The quantitative estimate of drug-likeness (QED) is 0.729. The first kappa shape index (κ1) is 12.0. The summed E-state index contributed by atoms with van der Waals surface area (Å²) < 4.78 is 0. The summed E-state index contributed by atoms with van der Waals surface area (Å²) in [5.41, 5.74) is 7.41. The van der Waals surface area contributed by atoms with Gasteiger partial charge < -0.3 is 4.98 Å². The Balaban J connectivity index is 1.96. The number of rotatable bonds is 2.